The highest BCUT2D eigenvalue weighted by molar-refractivity contribution is 6.09. The molecule has 5 rings (SSSR count). The molecular weight excluding hydrogens is 375 g/mol. The van der Waals surface area contributed by atoms with Crippen molar-refractivity contribution < 1.29 is 8.81 Å². The van der Waals surface area contributed by atoms with Crippen LogP contribution < -0.4 is 0 Å². The average Bonchev–Trinajstić information content (AvgIpc) is 3.11. The lowest BCUT2D eigenvalue weighted by Gasteiger charge is -2.08. The van der Waals surface area contributed by atoms with Gasteiger partial charge in [0.2, 0.25) is 5.71 Å². The number of aryl methyl sites for hydroxylation is 1. The second-order valence-electron chi connectivity index (χ2n) is 7.92. The predicted octanol–water partition coefficient (Wildman–Crippen LogP) is 7.28. The first-order valence-electron chi connectivity index (χ1n) is 10.1. The molecule has 0 spiro atoms. The number of fused-ring (bicyclic) bond motifs is 3. The molecule has 0 amide bonds. The topological polar surface area (TPSA) is 38.9 Å². The van der Waals surface area contributed by atoms with Gasteiger partial charge in [-0.15, -0.1) is 0 Å². The molecule has 3 nitrogen and oxygen atoms in total. The number of furan rings is 1. The quantitative estimate of drug-likeness (QED) is 0.322. The van der Waals surface area contributed by atoms with Crippen LogP contribution in [0, 0.1) is 12.7 Å². The number of rotatable bonds is 3. The molecule has 3 aromatic heterocycles. The highest BCUT2D eigenvalue weighted by atomic mass is 19.1. The van der Waals surface area contributed by atoms with E-state index < -0.39 is 0 Å². The molecule has 148 valence electrons. The maximum Gasteiger partial charge on any atom is 0.227 e. The van der Waals surface area contributed by atoms with Crippen molar-refractivity contribution in [1.29, 1.82) is 0 Å². The summed E-state index contributed by atoms with van der Waals surface area (Å²) in [5, 5.41) is 2.03. The summed E-state index contributed by atoms with van der Waals surface area (Å²) in [4.78, 5) is 9.35. The summed E-state index contributed by atoms with van der Waals surface area (Å²) in [6, 6.07) is 18.8. The first kappa shape index (κ1) is 18.5. The van der Waals surface area contributed by atoms with Crippen molar-refractivity contribution >= 4 is 22.1 Å². The van der Waals surface area contributed by atoms with Gasteiger partial charge in [-0.1, -0.05) is 38.1 Å². The summed E-state index contributed by atoms with van der Waals surface area (Å²) in [6.07, 6.45) is 1.78. The molecule has 0 atom stereocenters. The van der Waals surface area contributed by atoms with Gasteiger partial charge in [-0.05, 0) is 65.9 Å². The molecule has 0 saturated heterocycles. The molecule has 0 radical (unpaired) electrons. The molecule has 5 aromatic rings. The minimum absolute atomic E-state index is 0.246. The van der Waals surface area contributed by atoms with Crippen LogP contribution in [0.4, 0.5) is 4.39 Å². The third kappa shape index (κ3) is 3.05. The summed E-state index contributed by atoms with van der Waals surface area (Å²) in [5.74, 6) is 0.0852. The van der Waals surface area contributed by atoms with Crippen LogP contribution in [0.2, 0.25) is 0 Å². The van der Waals surface area contributed by atoms with Gasteiger partial charge in [-0.25, -0.2) is 9.37 Å². The Bertz CT molecular complexity index is 1380. The summed E-state index contributed by atoms with van der Waals surface area (Å²) in [6.45, 7) is 6.30. The number of halogens is 1. The summed E-state index contributed by atoms with van der Waals surface area (Å²) in [7, 11) is 0. The fourth-order valence-electron chi connectivity index (χ4n) is 3.86. The molecule has 0 saturated carbocycles. The van der Waals surface area contributed by atoms with Crippen molar-refractivity contribution in [2.24, 2.45) is 0 Å². The van der Waals surface area contributed by atoms with E-state index in [-0.39, 0.29) is 5.82 Å². The smallest absolute Gasteiger partial charge is 0.227 e. The molecule has 0 aliphatic heterocycles. The normalized spacial score (nSPS) is 11.6. The van der Waals surface area contributed by atoms with Gasteiger partial charge in [0.1, 0.15) is 11.4 Å². The van der Waals surface area contributed by atoms with E-state index in [1.807, 2.05) is 12.1 Å². The molecule has 0 bridgehead atoms. The standard InChI is InChI=1S/C26H21FN2O/c1-15(2)22-11-10-21-20-9-4-16(3)24(25(20)30-26(21)29-22)23-14-18(12-13-28-23)17-5-7-19(27)8-6-17/h4-15H,1-3H3. The van der Waals surface area contributed by atoms with Crippen LogP contribution in [0.25, 0.3) is 44.5 Å². The van der Waals surface area contributed by atoms with E-state index in [1.54, 1.807) is 18.3 Å². The van der Waals surface area contributed by atoms with Crippen LogP contribution in [0.5, 0.6) is 0 Å². The maximum absolute atomic E-state index is 13.3. The van der Waals surface area contributed by atoms with Crippen LogP contribution in [-0.2, 0) is 0 Å². The van der Waals surface area contributed by atoms with Crippen LogP contribution in [0.3, 0.4) is 0 Å². The van der Waals surface area contributed by atoms with Gasteiger partial charge in [0, 0.05) is 28.2 Å². The minimum atomic E-state index is -0.246. The van der Waals surface area contributed by atoms with Crippen LogP contribution in [0.1, 0.15) is 31.0 Å². The van der Waals surface area contributed by atoms with Crippen molar-refractivity contribution in [3.63, 3.8) is 0 Å². The fourth-order valence-corrected chi connectivity index (χ4v) is 3.86. The Balaban J connectivity index is 1.72. The van der Waals surface area contributed by atoms with Gasteiger partial charge >= 0.3 is 0 Å². The molecule has 0 aliphatic rings. The number of benzene rings is 2. The molecular formula is C26H21FN2O. The zero-order valence-electron chi connectivity index (χ0n) is 17.1. The lowest BCUT2D eigenvalue weighted by atomic mass is 9.98. The monoisotopic (exact) mass is 396 g/mol. The Morgan fingerprint density at radius 2 is 1.63 bits per heavy atom. The average molecular weight is 396 g/mol. The molecule has 0 aliphatic carbocycles. The number of aromatic nitrogens is 2. The SMILES string of the molecule is Cc1ccc2c(oc3nc(C(C)C)ccc32)c1-c1cc(-c2ccc(F)cc2)ccn1. The summed E-state index contributed by atoms with van der Waals surface area (Å²) >= 11 is 0. The Kier molecular flexibility index (Phi) is 4.35. The number of hydrogen-bond acceptors (Lipinski definition) is 3. The molecule has 0 fully saturated rings. The summed E-state index contributed by atoms with van der Waals surface area (Å²) < 4.78 is 19.6. The fraction of sp³-hybridized carbons (Fsp3) is 0.154. The highest BCUT2D eigenvalue weighted by Gasteiger charge is 2.17. The van der Waals surface area contributed by atoms with Gasteiger partial charge in [-0.2, -0.15) is 0 Å². The van der Waals surface area contributed by atoms with E-state index in [0.717, 1.165) is 50.0 Å². The second kappa shape index (κ2) is 7.06. The van der Waals surface area contributed by atoms with E-state index in [2.05, 4.69) is 50.0 Å². The van der Waals surface area contributed by atoms with Crippen LogP contribution >= 0.6 is 0 Å². The van der Waals surface area contributed by atoms with E-state index in [9.17, 15) is 4.39 Å². The third-order valence-corrected chi connectivity index (χ3v) is 5.52. The van der Waals surface area contributed by atoms with Crippen LogP contribution in [0.15, 0.2) is 71.3 Å². The molecule has 0 N–H and O–H groups in total. The molecule has 4 heteroatoms. The van der Waals surface area contributed by atoms with E-state index in [4.69, 9.17) is 9.40 Å². The molecule has 30 heavy (non-hydrogen) atoms. The Labute approximate surface area is 174 Å². The Morgan fingerprint density at radius 3 is 2.40 bits per heavy atom. The molecule has 0 unspecified atom stereocenters. The van der Waals surface area contributed by atoms with E-state index in [0.29, 0.717) is 11.6 Å². The van der Waals surface area contributed by atoms with Crippen molar-refractivity contribution in [3.05, 3.63) is 83.9 Å². The zero-order valence-corrected chi connectivity index (χ0v) is 17.1. The zero-order chi connectivity index (χ0) is 20.8. The Hall–Kier alpha value is -3.53. The predicted molar refractivity (Wildman–Crippen MR) is 119 cm³/mol. The molecule has 2 aromatic carbocycles. The number of nitrogens with zero attached hydrogens (tertiary/aromatic N) is 2. The van der Waals surface area contributed by atoms with Crippen LogP contribution in [-0.4, -0.2) is 9.97 Å². The van der Waals surface area contributed by atoms with Gasteiger partial charge < -0.3 is 4.42 Å². The third-order valence-electron chi connectivity index (χ3n) is 5.52. The first-order valence-corrected chi connectivity index (χ1v) is 10.1. The number of pyridine rings is 2. The first-order chi connectivity index (χ1) is 14.5. The van der Waals surface area contributed by atoms with E-state index in [1.165, 1.54) is 12.1 Å². The van der Waals surface area contributed by atoms with E-state index >= 15 is 0 Å². The second-order valence-corrected chi connectivity index (χ2v) is 7.92. The van der Waals surface area contributed by atoms with Crippen molar-refractivity contribution in [2.75, 3.05) is 0 Å². The lowest BCUT2D eigenvalue weighted by molar-refractivity contribution is 0.628. The van der Waals surface area contributed by atoms with Gasteiger partial charge in [-0.3, -0.25) is 4.98 Å². The Morgan fingerprint density at radius 1 is 0.867 bits per heavy atom. The van der Waals surface area contributed by atoms with Crippen molar-refractivity contribution in [2.45, 2.75) is 26.7 Å². The van der Waals surface area contributed by atoms with Gasteiger partial charge in [0.05, 0.1) is 5.69 Å². The highest BCUT2D eigenvalue weighted by Crippen LogP contribution is 2.38. The van der Waals surface area contributed by atoms with Crippen molar-refractivity contribution in [1.82, 2.24) is 9.97 Å². The van der Waals surface area contributed by atoms with Crippen molar-refractivity contribution in [3.8, 4) is 22.4 Å². The maximum atomic E-state index is 13.3. The number of hydrogen-bond donors (Lipinski definition) is 0. The molecule has 3 heterocycles. The van der Waals surface area contributed by atoms with Gasteiger partial charge in [0.25, 0.3) is 0 Å². The summed E-state index contributed by atoms with van der Waals surface area (Å²) in [5.41, 5.74) is 7.24. The lowest BCUT2D eigenvalue weighted by Crippen LogP contribution is -1.90. The largest absolute Gasteiger partial charge is 0.437 e. The minimum Gasteiger partial charge on any atom is -0.437 e. The van der Waals surface area contributed by atoms with Gasteiger partial charge in [0.15, 0.2) is 0 Å².